The van der Waals surface area contributed by atoms with E-state index < -0.39 is 0 Å². The molecule has 1 aliphatic rings. The van der Waals surface area contributed by atoms with Crippen LogP contribution >= 0.6 is 0 Å². The molecule has 2 aromatic carbocycles. The summed E-state index contributed by atoms with van der Waals surface area (Å²) in [6.07, 6.45) is 0. The van der Waals surface area contributed by atoms with Crippen LogP contribution in [0.1, 0.15) is 12.5 Å². The Bertz CT molecular complexity index is 1090. The standard InChI is InChI=1S/C25H27N5O3/c1-18-3-5-20(6-4-18)23-11-12-24(28-27-23)29-13-15-30(16-14-29)25(32)17-33-22-9-7-21(8-10-22)26-19(2)31/h3-12H,13-17H2,1-2H3,(H,26,31). The maximum absolute atomic E-state index is 12.5. The van der Waals surface area contributed by atoms with Crippen molar-refractivity contribution in [1.29, 1.82) is 0 Å². The lowest BCUT2D eigenvalue weighted by molar-refractivity contribution is -0.133. The second-order valence-corrected chi connectivity index (χ2v) is 8.00. The number of anilines is 2. The minimum absolute atomic E-state index is 0.0233. The number of piperazine rings is 1. The van der Waals surface area contributed by atoms with Crippen molar-refractivity contribution < 1.29 is 14.3 Å². The highest BCUT2D eigenvalue weighted by Gasteiger charge is 2.22. The number of hydrogen-bond acceptors (Lipinski definition) is 6. The van der Waals surface area contributed by atoms with E-state index in [0.717, 1.165) is 17.1 Å². The van der Waals surface area contributed by atoms with Crippen molar-refractivity contribution in [2.24, 2.45) is 0 Å². The fraction of sp³-hybridized carbons (Fsp3) is 0.280. The molecule has 0 bridgehead atoms. The molecule has 1 aliphatic heterocycles. The SMILES string of the molecule is CC(=O)Nc1ccc(OCC(=O)N2CCN(c3ccc(-c4ccc(C)cc4)nn3)CC2)cc1. The summed E-state index contributed by atoms with van der Waals surface area (Å²) in [6.45, 7) is 6.07. The summed E-state index contributed by atoms with van der Waals surface area (Å²) in [6, 6.07) is 19.1. The molecule has 8 nitrogen and oxygen atoms in total. The Balaban J connectivity index is 1.25. The summed E-state index contributed by atoms with van der Waals surface area (Å²) >= 11 is 0. The lowest BCUT2D eigenvalue weighted by atomic mass is 10.1. The van der Waals surface area contributed by atoms with E-state index in [1.54, 1.807) is 29.2 Å². The van der Waals surface area contributed by atoms with Gasteiger partial charge in [-0.3, -0.25) is 9.59 Å². The van der Waals surface area contributed by atoms with Gasteiger partial charge in [-0.1, -0.05) is 29.8 Å². The van der Waals surface area contributed by atoms with Gasteiger partial charge in [0.15, 0.2) is 12.4 Å². The largest absolute Gasteiger partial charge is 0.484 e. The Morgan fingerprint density at radius 1 is 0.909 bits per heavy atom. The van der Waals surface area contributed by atoms with E-state index in [4.69, 9.17) is 4.74 Å². The molecule has 2 heterocycles. The third kappa shape index (κ3) is 5.85. The van der Waals surface area contributed by atoms with Crippen LogP contribution in [0.4, 0.5) is 11.5 Å². The van der Waals surface area contributed by atoms with Crippen LogP contribution in [0.3, 0.4) is 0 Å². The van der Waals surface area contributed by atoms with Gasteiger partial charge < -0.3 is 19.9 Å². The molecule has 1 N–H and O–H groups in total. The fourth-order valence-electron chi connectivity index (χ4n) is 3.63. The van der Waals surface area contributed by atoms with Gasteiger partial charge >= 0.3 is 0 Å². The average molecular weight is 446 g/mol. The first kappa shape index (κ1) is 22.3. The highest BCUT2D eigenvalue weighted by atomic mass is 16.5. The lowest BCUT2D eigenvalue weighted by Crippen LogP contribution is -2.50. The van der Waals surface area contributed by atoms with Crippen LogP contribution in [-0.2, 0) is 9.59 Å². The monoisotopic (exact) mass is 445 g/mol. The van der Waals surface area contributed by atoms with E-state index in [0.29, 0.717) is 37.6 Å². The molecule has 0 unspecified atom stereocenters. The van der Waals surface area contributed by atoms with Crippen molar-refractivity contribution in [3.63, 3.8) is 0 Å². The van der Waals surface area contributed by atoms with E-state index in [2.05, 4.69) is 39.5 Å². The Kier molecular flexibility index (Phi) is 6.83. The van der Waals surface area contributed by atoms with Crippen LogP contribution < -0.4 is 15.0 Å². The molecule has 1 saturated heterocycles. The number of rotatable bonds is 6. The molecule has 0 radical (unpaired) electrons. The Hall–Kier alpha value is -3.94. The topological polar surface area (TPSA) is 87.7 Å². The molecule has 170 valence electrons. The number of hydrogen-bond donors (Lipinski definition) is 1. The van der Waals surface area contributed by atoms with Gasteiger partial charge in [-0.25, -0.2) is 0 Å². The Morgan fingerprint density at radius 3 is 2.21 bits per heavy atom. The van der Waals surface area contributed by atoms with Gasteiger partial charge in [0, 0.05) is 44.4 Å². The third-order valence-electron chi connectivity index (χ3n) is 5.49. The number of benzene rings is 2. The molecule has 0 spiro atoms. The van der Waals surface area contributed by atoms with Gasteiger partial charge in [0.25, 0.3) is 5.91 Å². The van der Waals surface area contributed by atoms with Crippen LogP contribution in [0.25, 0.3) is 11.3 Å². The maximum atomic E-state index is 12.5. The average Bonchev–Trinajstić information content (AvgIpc) is 2.84. The molecule has 33 heavy (non-hydrogen) atoms. The highest BCUT2D eigenvalue weighted by Crippen LogP contribution is 2.20. The first-order valence-corrected chi connectivity index (χ1v) is 10.9. The molecule has 8 heteroatoms. The van der Waals surface area contributed by atoms with Crippen molar-refractivity contribution in [1.82, 2.24) is 15.1 Å². The maximum Gasteiger partial charge on any atom is 0.260 e. The van der Waals surface area contributed by atoms with Gasteiger partial charge in [-0.15, -0.1) is 10.2 Å². The minimum Gasteiger partial charge on any atom is -0.484 e. The molecule has 0 atom stereocenters. The summed E-state index contributed by atoms with van der Waals surface area (Å²) in [5.74, 6) is 1.21. The van der Waals surface area contributed by atoms with Gasteiger partial charge in [-0.05, 0) is 43.3 Å². The molecule has 3 aromatic rings. The van der Waals surface area contributed by atoms with Gasteiger partial charge in [0.2, 0.25) is 5.91 Å². The van der Waals surface area contributed by atoms with Crippen LogP contribution in [0, 0.1) is 6.92 Å². The number of ether oxygens (including phenoxy) is 1. The third-order valence-corrected chi connectivity index (χ3v) is 5.49. The number of nitrogens with zero attached hydrogens (tertiary/aromatic N) is 4. The van der Waals surface area contributed by atoms with Crippen molar-refractivity contribution in [2.75, 3.05) is 43.0 Å². The summed E-state index contributed by atoms with van der Waals surface area (Å²) in [4.78, 5) is 27.6. The van der Waals surface area contributed by atoms with Gasteiger partial charge in [-0.2, -0.15) is 0 Å². The zero-order valence-corrected chi connectivity index (χ0v) is 18.8. The van der Waals surface area contributed by atoms with E-state index in [9.17, 15) is 9.59 Å². The second kappa shape index (κ2) is 10.1. The quantitative estimate of drug-likeness (QED) is 0.627. The molecular weight excluding hydrogens is 418 g/mol. The van der Waals surface area contributed by atoms with Gasteiger partial charge in [0.05, 0.1) is 5.69 Å². The first-order valence-electron chi connectivity index (χ1n) is 10.9. The molecule has 1 fully saturated rings. The van der Waals surface area contributed by atoms with E-state index in [1.807, 2.05) is 24.3 Å². The number of nitrogens with one attached hydrogen (secondary N) is 1. The number of aryl methyl sites for hydroxylation is 1. The summed E-state index contributed by atoms with van der Waals surface area (Å²) < 4.78 is 5.62. The molecular formula is C25H27N5O3. The normalized spacial score (nSPS) is 13.5. The molecule has 0 aliphatic carbocycles. The van der Waals surface area contributed by atoms with E-state index in [-0.39, 0.29) is 18.4 Å². The second-order valence-electron chi connectivity index (χ2n) is 8.00. The first-order chi connectivity index (χ1) is 16.0. The molecule has 0 saturated carbocycles. The number of carbonyl (C=O) groups excluding carboxylic acids is 2. The number of carbonyl (C=O) groups is 2. The van der Waals surface area contributed by atoms with Crippen LogP contribution in [0.5, 0.6) is 5.75 Å². The van der Waals surface area contributed by atoms with Crippen LogP contribution in [0.15, 0.2) is 60.7 Å². The predicted molar refractivity (Wildman–Crippen MR) is 127 cm³/mol. The van der Waals surface area contributed by atoms with Gasteiger partial charge in [0.1, 0.15) is 5.75 Å². The van der Waals surface area contributed by atoms with Crippen LogP contribution in [0.2, 0.25) is 0 Å². The molecule has 2 amide bonds. The number of aromatic nitrogens is 2. The van der Waals surface area contributed by atoms with Crippen molar-refractivity contribution >= 4 is 23.3 Å². The highest BCUT2D eigenvalue weighted by molar-refractivity contribution is 5.88. The van der Waals surface area contributed by atoms with E-state index >= 15 is 0 Å². The smallest absolute Gasteiger partial charge is 0.260 e. The van der Waals surface area contributed by atoms with Crippen molar-refractivity contribution in [3.05, 3.63) is 66.2 Å². The predicted octanol–water partition coefficient (Wildman–Crippen LogP) is 3.14. The summed E-state index contributed by atoms with van der Waals surface area (Å²) in [5.41, 5.74) is 3.78. The van der Waals surface area contributed by atoms with Crippen molar-refractivity contribution in [3.8, 4) is 17.0 Å². The molecule has 1 aromatic heterocycles. The minimum atomic E-state index is -0.133. The van der Waals surface area contributed by atoms with E-state index in [1.165, 1.54) is 12.5 Å². The number of amides is 2. The summed E-state index contributed by atoms with van der Waals surface area (Å²) in [7, 11) is 0. The molecule has 4 rings (SSSR count). The summed E-state index contributed by atoms with van der Waals surface area (Å²) in [5, 5.41) is 11.5. The Morgan fingerprint density at radius 2 is 1.61 bits per heavy atom. The lowest BCUT2D eigenvalue weighted by Gasteiger charge is -2.35. The zero-order chi connectivity index (χ0) is 23.2. The van der Waals surface area contributed by atoms with Crippen molar-refractivity contribution in [2.45, 2.75) is 13.8 Å². The fourth-order valence-corrected chi connectivity index (χ4v) is 3.63. The Labute approximate surface area is 193 Å². The zero-order valence-electron chi connectivity index (χ0n) is 18.8. The van der Waals surface area contributed by atoms with Crippen LogP contribution in [-0.4, -0.2) is 59.7 Å².